The van der Waals surface area contributed by atoms with Crippen LogP contribution in [0.5, 0.6) is 0 Å². The highest BCUT2D eigenvalue weighted by Gasteiger charge is 2.51. The second-order valence-corrected chi connectivity index (χ2v) is 7.35. The molecular weight excluding hydrogens is 360 g/mol. The molecule has 1 fully saturated rings. The van der Waals surface area contributed by atoms with E-state index in [-0.39, 0.29) is 24.2 Å². The fourth-order valence-corrected chi connectivity index (χ4v) is 4.01. The van der Waals surface area contributed by atoms with Crippen molar-refractivity contribution in [2.45, 2.75) is 51.1 Å². The highest BCUT2D eigenvalue weighted by Crippen LogP contribution is 2.43. The summed E-state index contributed by atoms with van der Waals surface area (Å²) in [5.41, 5.74) is 0.269. The van der Waals surface area contributed by atoms with Gasteiger partial charge in [-0.2, -0.15) is 0 Å². The van der Waals surface area contributed by atoms with Crippen LogP contribution in [0.15, 0.2) is 59.9 Å². The van der Waals surface area contributed by atoms with E-state index in [0.29, 0.717) is 5.76 Å². The van der Waals surface area contributed by atoms with E-state index in [4.69, 9.17) is 9.47 Å². The number of carbonyl (C=O) groups is 2. The smallest absolute Gasteiger partial charge is 0.338 e. The number of allylic oxidation sites excluding steroid dienone is 7. The maximum atomic E-state index is 12.9. The van der Waals surface area contributed by atoms with E-state index in [0.717, 1.165) is 0 Å². The molecule has 0 radical (unpaired) electrons. The molecular formula is C22H26O6. The summed E-state index contributed by atoms with van der Waals surface area (Å²) in [7, 11) is 0. The molecule has 6 atom stereocenters. The van der Waals surface area contributed by atoms with E-state index < -0.39 is 42.2 Å². The lowest BCUT2D eigenvalue weighted by molar-refractivity contribution is -0.147. The van der Waals surface area contributed by atoms with Crippen LogP contribution in [0.4, 0.5) is 0 Å². The van der Waals surface area contributed by atoms with Crippen LogP contribution in [0.1, 0.15) is 26.7 Å². The monoisotopic (exact) mass is 386 g/mol. The van der Waals surface area contributed by atoms with Gasteiger partial charge < -0.3 is 19.7 Å². The number of carbonyl (C=O) groups excluding carboxylic acids is 2. The average molecular weight is 386 g/mol. The molecule has 0 saturated carbocycles. The minimum atomic E-state index is -1.07. The van der Waals surface area contributed by atoms with Crippen LogP contribution in [0, 0.1) is 11.8 Å². The molecule has 6 heteroatoms. The van der Waals surface area contributed by atoms with Crippen molar-refractivity contribution in [3.8, 4) is 0 Å². The number of rotatable bonds is 3. The molecule has 3 rings (SSSR count). The molecule has 1 aliphatic carbocycles. The zero-order chi connectivity index (χ0) is 20.3. The van der Waals surface area contributed by atoms with Gasteiger partial charge in [0.1, 0.15) is 18.0 Å². The number of aliphatic hydroxyl groups excluding tert-OH is 2. The van der Waals surface area contributed by atoms with Crippen molar-refractivity contribution in [2.75, 3.05) is 0 Å². The second kappa shape index (κ2) is 8.71. The first-order valence-corrected chi connectivity index (χ1v) is 9.58. The first-order valence-electron chi connectivity index (χ1n) is 9.58. The lowest BCUT2D eigenvalue weighted by Crippen LogP contribution is -2.45. The van der Waals surface area contributed by atoms with Crippen LogP contribution in [0.2, 0.25) is 0 Å². The molecule has 2 aliphatic heterocycles. The van der Waals surface area contributed by atoms with Crippen molar-refractivity contribution >= 4 is 11.8 Å². The molecule has 0 aromatic rings. The Labute approximate surface area is 164 Å². The van der Waals surface area contributed by atoms with Crippen molar-refractivity contribution in [3.63, 3.8) is 0 Å². The Morgan fingerprint density at radius 2 is 1.79 bits per heavy atom. The van der Waals surface area contributed by atoms with Gasteiger partial charge in [-0.15, -0.1) is 0 Å². The van der Waals surface area contributed by atoms with Crippen LogP contribution in [-0.4, -0.2) is 46.4 Å². The molecule has 0 spiro atoms. The molecule has 0 amide bonds. The van der Waals surface area contributed by atoms with Crippen LogP contribution in [0.25, 0.3) is 0 Å². The average Bonchev–Trinajstić information content (AvgIpc) is 2.98. The Bertz CT molecular complexity index is 772. The Morgan fingerprint density at radius 3 is 2.54 bits per heavy atom. The molecule has 3 aliphatic rings. The lowest BCUT2D eigenvalue weighted by atomic mass is 9.72. The first-order chi connectivity index (χ1) is 13.4. The zero-order valence-electron chi connectivity index (χ0n) is 16.0. The summed E-state index contributed by atoms with van der Waals surface area (Å²) in [5, 5.41) is 20.9. The van der Waals surface area contributed by atoms with E-state index >= 15 is 0 Å². The van der Waals surface area contributed by atoms with Crippen molar-refractivity contribution in [1.29, 1.82) is 0 Å². The van der Waals surface area contributed by atoms with Gasteiger partial charge in [-0.3, -0.25) is 4.79 Å². The number of hydrogen-bond donors (Lipinski definition) is 2. The van der Waals surface area contributed by atoms with E-state index in [1.54, 1.807) is 31.2 Å². The fraction of sp³-hybridized carbons (Fsp3) is 0.455. The summed E-state index contributed by atoms with van der Waals surface area (Å²) < 4.78 is 11.4. The number of hydrogen-bond acceptors (Lipinski definition) is 6. The van der Waals surface area contributed by atoms with Gasteiger partial charge in [0.2, 0.25) is 0 Å². The van der Waals surface area contributed by atoms with Crippen molar-refractivity contribution < 1.29 is 29.3 Å². The molecule has 2 N–H and O–H groups in total. The molecule has 28 heavy (non-hydrogen) atoms. The van der Waals surface area contributed by atoms with Gasteiger partial charge in [0.15, 0.2) is 5.78 Å². The van der Waals surface area contributed by atoms with Crippen molar-refractivity contribution in [2.24, 2.45) is 11.8 Å². The predicted molar refractivity (Wildman–Crippen MR) is 103 cm³/mol. The maximum Gasteiger partial charge on any atom is 0.338 e. The van der Waals surface area contributed by atoms with Gasteiger partial charge in [-0.1, -0.05) is 30.4 Å². The van der Waals surface area contributed by atoms with Crippen LogP contribution >= 0.6 is 0 Å². The van der Waals surface area contributed by atoms with Crippen molar-refractivity contribution in [3.05, 3.63) is 59.9 Å². The quantitative estimate of drug-likeness (QED) is 0.570. The summed E-state index contributed by atoms with van der Waals surface area (Å²) >= 11 is 0. The third kappa shape index (κ3) is 4.18. The molecule has 0 aromatic carbocycles. The standard InChI is InChI=1S/C22H26O6/c1-3-4-5-6-7-8-17-21-20-18(28-17)10-9-15(24)19(20)16(25)12-14(23)11-13(2)27-22(21)26/h3-10,13-14,16,18-20,23,25H,11-12H2,1-2H3/b4-3+,6-5-,8-7+. The van der Waals surface area contributed by atoms with Gasteiger partial charge in [-0.25, -0.2) is 4.79 Å². The largest absolute Gasteiger partial charge is 0.485 e. The predicted octanol–water partition coefficient (Wildman–Crippen LogP) is 2.15. The van der Waals surface area contributed by atoms with Gasteiger partial charge in [-0.05, 0) is 32.1 Å². The van der Waals surface area contributed by atoms with Gasteiger partial charge >= 0.3 is 5.97 Å². The molecule has 0 aromatic heterocycles. The fourth-order valence-electron chi connectivity index (χ4n) is 4.01. The Morgan fingerprint density at radius 1 is 1.04 bits per heavy atom. The third-order valence-electron chi connectivity index (χ3n) is 5.22. The number of esters is 1. The number of ketones is 1. The molecule has 6 nitrogen and oxygen atoms in total. The molecule has 1 saturated heterocycles. The normalized spacial score (nSPS) is 36.3. The van der Waals surface area contributed by atoms with E-state index in [9.17, 15) is 19.8 Å². The van der Waals surface area contributed by atoms with Gasteiger partial charge in [0.25, 0.3) is 0 Å². The van der Waals surface area contributed by atoms with E-state index in [2.05, 4.69) is 0 Å². The highest BCUT2D eigenvalue weighted by molar-refractivity contribution is 5.98. The molecule has 0 bridgehead atoms. The first kappa shape index (κ1) is 20.3. The Balaban J connectivity index is 2.02. The SMILES string of the molecule is C/C=C/C=C\C=C\C1=C2C(=O)OC(C)CC(O)CC(O)C3C(=O)C=CC(O1)C23. The van der Waals surface area contributed by atoms with Crippen LogP contribution in [0.3, 0.4) is 0 Å². The second-order valence-electron chi connectivity index (χ2n) is 7.35. The molecule has 150 valence electrons. The van der Waals surface area contributed by atoms with Crippen LogP contribution < -0.4 is 0 Å². The Hall–Kier alpha value is -2.44. The lowest BCUT2D eigenvalue weighted by Gasteiger charge is -2.34. The van der Waals surface area contributed by atoms with Crippen molar-refractivity contribution in [1.82, 2.24) is 0 Å². The summed E-state index contributed by atoms with van der Waals surface area (Å²) in [5.74, 6) is -2.01. The number of aliphatic hydroxyl groups is 2. The highest BCUT2D eigenvalue weighted by atomic mass is 16.5. The van der Waals surface area contributed by atoms with E-state index in [1.807, 2.05) is 25.2 Å². The minimum absolute atomic E-state index is 0.0416. The van der Waals surface area contributed by atoms with Gasteiger partial charge in [0, 0.05) is 18.8 Å². The summed E-state index contributed by atoms with van der Waals surface area (Å²) in [6.45, 7) is 3.61. The zero-order valence-corrected chi connectivity index (χ0v) is 16.0. The minimum Gasteiger partial charge on any atom is -0.485 e. The van der Waals surface area contributed by atoms with Crippen LogP contribution in [-0.2, 0) is 19.1 Å². The topological polar surface area (TPSA) is 93.1 Å². The maximum absolute atomic E-state index is 12.9. The van der Waals surface area contributed by atoms with Gasteiger partial charge in [0.05, 0.1) is 23.7 Å². The molecule has 6 unspecified atom stereocenters. The van der Waals surface area contributed by atoms with E-state index in [1.165, 1.54) is 6.08 Å². The number of ether oxygens (including phenoxy) is 2. The summed E-state index contributed by atoms with van der Waals surface area (Å²) in [6, 6.07) is 0. The molecule has 2 heterocycles. The summed E-state index contributed by atoms with van der Waals surface area (Å²) in [4.78, 5) is 25.4. The third-order valence-corrected chi connectivity index (χ3v) is 5.22. The number of cyclic esters (lactones) is 1. The summed E-state index contributed by atoms with van der Waals surface area (Å²) in [6.07, 6.45) is 11.1. The Kier molecular flexibility index (Phi) is 6.31.